The zero-order valence-electron chi connectivity index (χ0n) is 11.1. The molecule has 0 fully saturated rings. The average Bonchev–Trinajstić information content (AvgIpc) is 3.04. The Bertz CT molecular complexity index is 626. The van der Waals surface area contributed by atoms with E-state index in [-0.39, 0.29) is 6.04 Å². The van der Waals surface area contributed by atoms with Gasteiger partial charge in [-0.25, -0.2) is 0 Å². The molecule has 0 saturated carbocycles. The van der Waals surface area contributed by atoms with E-state index < -0.39 is 0 Å². The van der Waals surface area contributed by atoms with Gasteiger partial charge in [-0.1, -0.05) is 15.9 Å². The van der Waals surface area contributed by atoms with Crippen molar-refractivity contribution >= 4 is 27.5 Å². The number of halogens is 2. The highest BCUT2D eigenvalue weighted by atomic mass is 79.9. The summed E-state index contributed by atoms with van der Waals surface area (Å²) in [5.41, 5.74) is 3.42. The van der Waals surface area contributed by atoms with Crippen LogP contribution >= 0.6 is 27.5 Å². The Balaban J connectivity index is 1.92. The van der Waals surface area contributed by atoms with Crippen LogP contribution in [0.5, 0.6) is 5.75 Å². The minimum absolute atomic E-state index is 0.101. The molecule has 5 heteroatoms. The molecule has 1 aliphatic heterocycles. The highest BCUT2D eigenvalue weighted by Crippen LogP contribution is 2.36. The number of hydrogen-bond donors (Lipinski definition) is 1. The maximum Gasteiger partial charge on any atom is 0.197 e. The third-order valence-electron chi connectivity index (χ3n) is 3.62. The quantitative estimate of drug-likeness (QED) is 0.894. The number of nitrogens with one attached hydrogen (secondary N) is 1. The zero-order valence-corrected chi connectivity index (χ0v) is 13.4. The second kappa shape index (κ2) is 5.80. The Morgan fingerprint density at radius 3 is 3.00 bits per heavy atom. The van der Waals surface area contributed by atoms with E-state index in [4.69, 9.17) is 20.8 Å². The molecule has 0 aliphatic carbocycles. The highest BCUT2D eigenvalue weighted by Gasteiger charge is 2.22. The van der Waals surface area contributed by atoms with Crippen LogP contribution in [0.3, 0.4) is 0 Å². The largest absolute Gasteiger partial charge is 0.493 e. The van der Waals surface area contributed by atoms with Crippen LogP contribution in [0.2, 0.25) is 5.22 Å². The van der Waals surface area contributed by atoms with Crippen molar-refractivity contribution in [3.63, 3.8) is 0 Å². The summed E-state index contributed by atoms with van der Waals surface area (Å²) in [7, 11) is 1.92. The normalized spacial score (nSPS) is 14.9. The smallest absolute Gasteiger partial charge is 0.197 e. The molecule has 0 bridgehead atoms. The van der Waals surface area contributed by atoms with Crippen molar-refractivity contribution in [1.29, 1.82) is 0 Å². The molecule has 0 amide bonds. The van der Waals surface area contributed by atoms with E-state index in [1.54, 1.807) is 6.26 Å². The van der Waals surface area contributed by atoms with Gasteiger partial charge in [-0.2, -0.15) is 0 Å². The van der Waals surface area contributed by atoms with Crippen LogP contribution in [0.4, 0.5) is 0 Å². The molecule has 1 unspecified atom stereocenters. The van der Waals surface area contributed by atoms with E-state index in [9.17, 15) is 0 Å². The van der Waals surface area contributed by atoms with Gasteiger partial charge in [0.1, 0.15) is 5.75 Å². The molecule has 106 valence electrons. The van der Waals surface area contributed by atoms with E-state index in [1.807, 2.05) is 13.1 Å². The van der Waals surface area contributed by atoms with Crippen molar-refractivity contribution in [2.45, 2.75) is 18.9 Å². The van der Waals surface area contributed by atoms with Gasteiger partial charge in [0.25, 0.3) is 0 Å². The lowest BCUT2D eigenvalue weighted by Gasteiger charge is -2.17. The van der Waals surface area contributed by atoms with Crippen LogP contribution in [0.1, 0.15) is 22.7 Å². The van der Waals surface area contributed by atoms with Crippen molar-refractivity contribution in [3.05, 3.63) is 50.8 Å². The van der Waals surface area contributed by atoms with Crippen molar-refractivity contribution in [2.75, 3.05) is 13.7 Å². The van der Waals surface area contributed by atoms with E-state index >= 15 is 0 Å². The molecule has 2 heterocycles. The lowest BCUT2D eigenvalue weighted by atomic mass is 9.98. The van der Waals surface area contributed by atoms with Crippen LogP contribution in [0.25, 0.3) is 0 Å². The van der Waals surface area contributed by atoms with Gasteiger partial charge >= 0.3 is 0 Å². The summed E-state index contributed by atoms with van der Waals surface area (Å²) < 4.78 is 12.0. The van der Waals surface area contributed by atoms with Gasteiger partial charge in [0.05, 0.1) is 12.9 Å². The van der Waals surface area contributed by atoms with Gasteiger partial charge in [0.2, 0.25) is 0 Å². The summed E-state index contributed by atoms with van der Waals surface area (Å²) in [6.07, 6.45) is 3.39. The van der Waals surface area contributed by atoms with Crippen LogP contribution in [-0.4, -0.2) is 13.7 Å². The molecule has 0 spiro atoms. The summed E-state index contributed by atoms with van der Waals surface area (Å²) in [5, 5.41) is 3.73. The number of rotatable bonds is 4. The van der Waals surface area contributed by atoms with E-state index in [2.05, 4.69) is 33.4 Å². The summed E-state index contributed by atoms with van der Waals surface area (Å²) in [6, 6.07) is 6.25. The first kappa shape index (κ1) is 14.0. The molecule has 1 N–H and O–H groups in total. The standard InChI is InChI=1S/C15H15BrClNO2/c1-18-13(12-3-5-20-15(12)17)8-10-7-11(16)6-9-2-4-19-14(9)10/h3,5-7,13,18H,2,4,8H2,1H3. The molecule has 0 radical (unpaired) electrons. The van der Waals surface area contributed by atoms with Crippen molar-refractivity contribution < 1.29 is 9.15 Å². The molecule has 1 aliphatic rings. The molecule has 3 nitrogen and oxygen atoms in total. The number of ether oxygens (including phenoxy) is 1. The summed E-state index contributed by atoms with van der Waals surface area (Å²) in [6.45, 7) is 0.759. The topological polar surface area (TPSA) is 34.4 Å². The molecule has 1 aromatic heterocycles. The molecule has 1 atom stereocenters. The van der Waals surface area contributed by atoms with Crippen LogP contribution < -0.4 is 10.1 Å². The minimum Gasteiger partial charge on any atom is -0.493 e. The Morgan fingerprint density at radius 1 is 1.45 bits per heavy atom. The first-order valence-corrected chi connectivity index (χ1v) is 7.70. The van der Waals surface area contributed by atoms with Crippen molar-refractivity contribution in [1.82, 2.24) is 5.32 Å². The highest BCUT2D eigenvalue weighted by molar-refractivity contribution is 9.10. The van der Waals surface area contributed by atoms with Gasteiger partial charge in [-0.15, -0.1) is 0 Å². The summed E-state index contributed by atoms with van der Waals surface area (Å²) in [4.78, 5) is 0. The number of hydrogen-bond acceptors (Lipinski definition) is 3. The van der Waals surface area contributed by atoms with Gasteiger partial charge in [0.15, 0.2) is 5.22 Å². The molecule has 20 heavy (non-hydrogen) atoms. The third-order valence-corrected chi connectivity index (χ3v) is 4.38. The third kappa shape index (κ3) is 2.60. The number of likely N-dealkylation sites (N-methyl/N-ethyl adjacent to an activating group) is 1. The van der Waals surface area contributed by atoms with Crippen LogP contribution in [0, 0.1) is 0 Å². The van der Waals surface area contributed by atoms with Gasteiger partial charge in [-0.05, 0) is 54.4 Å². The predicted molar refractivity (Wildman–Crippen MR) is 82.6 cm³/mol. The Morgan fingerprint density at radius 2 is 2.30 bits per heavy atom. The van der Waals surface area contributed by atoms with Crippen LogP contribution in [0.15, 0.2) is 33.4 Å². The fourth-order valence-electron chi connectivity index (χ4n) is 2.64. The van der Waals surface area contributed by atoms with E-state index in [0.717, 1.165) is 35.2 Å². The number of fused-ring (bicyclic) bond motifs is 1. The molecular weight excluding hydrogens is 342 g/mol. The summed E-state index contributed by atoms with van der Waals surface area (Å²) >= 11 is 9.65. The average molecular weight is 357 g/mol. The second-order valence-electron chi connectivity index (χ2n) is 4.85. The van der Waals surface area contributed by atoms with Crippen LogP contribution in [-0.2, 0) is 12.8 Å². The Kier molecular flexibility index (Phi) is 4.06. The first-order valence-electron chi connectivity index (χ1n) is 6.53. The van der Waals surface area contributed by atoms with Gasteiger partial charge in [-0.3, -0.25) is 0 Å². The maximum absolute atomic E-state index is 6.08. The summed E-state index contributed by atoms with van der Waals surface area (Å²) in [5.74, 6) is 1.02. The van der Waals surface area contributed by atoms with Crippen molar-refractivity contribution in [2.24, 2.45) is 0 Å². The zero-order chi connectivity index (χ0) is 14.1. The van der Waals surface area contributed by atoms with Crippen molar-refractivity contribution in [3.8, 4) is 5.75 Å². The Hall–Kier alpha value is -0.970. The van der Waals surface area contributed by atoms with E-state index in [1.165, 1.54) is 11.1 Å². The molecular formula is C15H15BrClNO2. The first-order chi connectivity index (χ1) is 9.69. The fraction of sp³-hybridized carbons (Fsp3) is 0.333. The SMILES string of the molecule is CNC(Cc1cc(Br)cc2c1OCC2)c1ccoc1Cl. The maximum atomic E-state index is 6.08. The van der Waals surface area contributed by atoms with E-state index in [0.29, 0.717) is 5.22 Å². The lowest BCUT2D eigenvalue weighted by molar-refractivity contribution is 0.352. The lowest BCUT2D eigenvalue weighted by Crippen LogP contribution is -2.19. The Labute approximate surface area is 131 Å². The van der Waals surface area contributed by atoms with Gasteiger partial charge < -0.3 is 14.5 Å². The molecule has 1 aromatic carbocycles. The van der Waals surface area contributed by atoms with Gasteiger partial charge in [0, 0.05) is 22.5 Å². The predicted octanol–water partition coefficient (Wildman–Crippen LogP) is 4.13. The number of furan rings is 1. The fourth-order valence-corrected chi connectivity index (χ4v) is 3.44. The molecule has 0 saturated heterocycles. The number of benzene rings is 1. The monoisotopic (exact) mass is 355 g/mol. The molecule has 2 aromatic rings. The second-order valence-corrected chi connectivity index (χ2v) is 6.11. The minimum atomic E-state index is 0.101. The molecule has 3 rings (SSSR count).